The van der Waals surface area contributed by atoms with Gasteiger partial charge < -0.3 is 10.2 Å². The third-order valence-electron chi connectivity index (χ3n) is 5.69. The summed E-state index contributed by atoms with van der Waals surface area (Å²) in [6.07, 6.45) is 3.39. The molecule has 148 valence electrons. The molecule has 0 aromatic heterocycles. The van der Waals surface area contributed by atoms with E-state index < -0.39 is 0 Å². The molecule has 0 atom stereocenters. The minimum atomic E-state index is 0.0144. The van der Waals surface area contributed by atoms with Crippen molar-refractivity contribution in [2.45, 2.75) is 39.5 Å². The second-order valence-electron chi connectivity index (χ2n) is 7.75. The first kappa shape index (κ1) is 20.1. The zero-order valence-corrected chi connectivity index (χ0v) is 16.9. The number of amides is 2. The van der Waals surface area contributed by atoms with Crippen LogP contribution in [-0.4, -0.2) is 36.3 Å². The van der Waals surface area contributed by atoms with E-state index in [2.05, 4.69) is 17.4 Å². The van der Waals surface area contributed by atoms with Crippen LogP contribution in [-0.2, 0) is 11.2 Å². The van der Waals surface area contributed by atoms with Gasteiger partial charge in [0, 0.05) is 31.1 Å². The molecule has 3 rings (SSSR count). The Kier molecular flexibility index (Phi) is 6.85. The molecule has 4 nitrogen and oxygen atoms in total. The number of rotatable bonds is 6. The Morgan fingerprint density at radius 2 is 1.71 bits per heavy atom. The first-order chi connectivity index (χ1) is 13.5. The molecule has 1 aliphatic rings. The molecule has 28 heavy (non-hydrogen) atoms. The molecule has 0 spiro atoms. The molecule has 1 N–H and O–H groups in total. The van der Waals surface area contributed by atoms with E-state index in [9.17, 15) is 9.59 Å². The van der Waals surface area contributed by atoms with Crippen LogP contribution >= 0.6 is 0 Å². The standard InChI is InChI=1S/C24H30N2O2/c1-18-10-11-22(17-19(18)2)24(28)26-15-12-21(13-16-26)23(27)25-14-6-9-20-7-4-3-5-8-20/h3-5,7-8,10-11,17,21H,6,9,12-16H2,1-2H3,(H,25,27). The lowest BCUT2D eigenvalue weighted by Crippen LogP contribution is -2.43. The van der Waals surface area contributed by atoms with E-state index >= 15 is 0 Å². The number of piperidine rings is 1. The van der Waals surface area contributed by atoms with Crippen molar-refractivity contribution in [3.8, 4) is 0 Å². The number of nitrogens with zero attached hydrogens (tertiary/aromatic N) is 1. The van der Waals surface area contributed by atoms with Crippen molar-refractivity contribution in [2.24, 2.45) is 5.92 Å². The van der Waals surface area contributed by atoms with Gasteiger partial charge in [-0.15, -0.1) is 0 Å². The minimum absolute atomic E-state index is 0.0144. The molecule has 0 unspecified atom stereocenters. The highest BCUT2D eigenvalue weighted by atomic mass is 16.2. The second-order valence-corrected chi connectivity index (χ2v) is 7.75. The molecular weight excluding hydrogens is 348 g/mol. The van der Waals surface area contributed by atoms with E-state index in [1.54, 1.807) is 0 Å². The summed E-state index contributed by atoms with van der Waals surface area (Å²) in [5, 5.41) is 3.07. The topological polar surface area (TPSA) is 49.4 Å². The number of aryl methyl sites for hydroxylation is 3. The number of nitrogens with one attached hydrogen (secondary N) is 1. The highest BCUT2D eigenvalue weighted by Crippen LogP contribution is 2.20. The first-order valence-electron chi connectivity index (χ1n) is 10.2. The average molecular weight is 379 g/mol. The van der Waals surface area contributed by atoms with Crippen LogP contribution in [0.5, 0.6) is 0 Å². The molecule has 0 saturated carbocycles. The Morgan fingerprint density at radius 1 is 1.00 bits per heavy atom. The SMILES string of the molecule is Cc1ccc(C(=O)N2CCC(C(=O)NCCCc3ccccc3)CC2)cc1C. The summed E-state index contributed by atoms with van der Waals surface area (Å²) in [4.78, 5) is 27.0. The number of hydrogen-bond donors (Lipinski definition) is 1. The lowest BCUT2D eigenvalue weighted by molar-refractivity contribution is -0.126. The zero-order valence-electron chi connectivity index (χ0n) is 16.9. The monoisotopic (exact) mass is 378 g/mol. The van der Waals surface area contributed by atoms with Gasteiger partial charge in [-0.1, -0.05) is 36.4 Å². The summed E-state index contributed by atoms with van der Waals surface area (Å²) >= 11 is 0. The maximum absolute atomic E-state index is 12.7. The third kappa shape index (κ3) is 5.22. The van der Waals surface area contributed by atoms with E-state index in [1.165, 1.54) is 11.1 Å². The van der Waals surface area contributed by atoms with Crippen LogP contribution in [0.25, 0.3) is 0 Å². The Balaban J connectivity index is 1.41. The Hall–Kier alpha value is -2.62. The Labute approximate surface area is 167 Å². The first-order valence-corrected chi connectivity index (χ1v) is 10.2. The lowest BCUT2D eigenvalue weighted by atomic mass is 9.95. The zero-order chi connectivity index (χ0) is 19.9. The van der Waals surface area contributed by atoms with Crippen LogP contribution in [0.4, 0.5) is 0 Å². The highest BCUT2D eigenvalue weighted by molar-refractivity contribution is 5.94. The van der Waals surface area contributed by atoms with Gasteiger partial charge in [-0.05, 0) is 68.4 Å². The number of likely N-dealkylation sites (tertiary alicyclic amines) is 1. The van der Waals surface area contributed by atoms with Crippen molar-refractivity contribution < 1.29 is 9.59 Å². The fourth-order valence-corrected chi connectivity index (χ4v) is 3.69. The summed E-state index contributed by atoms with van der Waals surface area (Å²) < 4.78 is 0. The molecule has 2 amide bonds. The summed E-state index contributed by atoms with van der Waals surface area (Å²) in [6, 6.07) is 16.2. The number of hydrogen-bond acceptors (Lipinski definition) is 2. The van der Waals surface area contributed by atoms with Gasteiger partial charge in [0.25, 0.3) is 5.91 Å². The van der Waals surface area contributed by atoms with Crippen molar-refractivity contribution in [3.05, 3.63) is 70.8 Å². The Bertz CT molecular complexity index is 809. The number of carbonyl (C=O) groups is 2. The van der Waals surface area contributed by atoms with Crippen molar-refractivity contribution in [1.82, 2.24) is 10.2 Å². The summed E-state index contributed by atoms with van der Waals surface area (Å²) in [7, 11) is 0. The summed E-state index contributed by atoms with van der Waals surface area (Å²) in [6.45, 7) is 6.07. The maximum atomic E-state index is 12.7. The molecule has 2 aromatic carbocycles. The van der Waals surface area contributed by atoms with Gasteiger partial charge in [0.15, 0.2) is 0 Å². The van der Waals surface area contributed by atoms with Crippen LogP contribution < -0.4 is 5.32 Å². The molecule has 1 aliphatic heterocycles. The van der Waals surface area contributed by atoms with Crippen LogP contribution in [0.15, 0.2) is 48.5 Å². The van der Waals surface area contributed by atoms with Gasteiger partial charge in [-0.25, -0.2) is 0 Å². The quantitative estimate of drug-likeness (QED) is 0.775. The lowest BCUT2D eigenvalue weighted by Gasteiger charge is -2.31. The van der Waals surface area contributed by atoms with E-state index in [4.69, 9.17) is 0 Å². The second kappa shape index (κ2) is 9.54. The van der Waals surface area contributed by atoms with Gasteiger partial charge in [0.1, 0.15) is 0 Å². The van der Waals surface area contributed by atoms with Crippen LogP contribution in [0.3, 0.4) is 0 Å². The molecule has 1 heterocycles. The normalized spacial score (nSPS) is 14.7. The van der Waals surface area contributed by atoms with Gasteiger partial charge in [-0.2, -0.15) is 0 Å². The van der Waals surface area contributed by atoms with E-state index in [-0.39, 0.29) is 17.7 Å². The summed E-state index contributed by atoms with van der Waals surface area (Å²) in [5.74, 6) is 0.219. The molecule has 0 radical (unpaired) electrons. The Morgan fingerprint density at radius 3 is 2.39 bits per heavy atom. The van der Waals surface area contributed by atoms with Crippen molar-refractivity contribution in [1.29, 1.82) is 0 Å². The largest absolute Gasteiger partial charge is 0.356 e. The van der Waals surface area contributed by atoms with Crippen LogP contribution in [0, 0.1) is 19.8 Å². The fourth-order valence-electron chi connectivity index (χ4n) is 3.69. The molecule has 1 saturated heterocycles. The van der Waals surface area contributed by atoms with Crippen LogP contribution in [0.1, 0.15) is 46.3 Å². The average Bonchev–Trinajstić information content (AvgIpc) is 2.73. The predicted molar refractivity (Wildman–Crippen MR) is 112 cm³/mol. The van der Waals surface area contributed by atoms with Gasteiger partial charge >= 0.3 is 0 Å². The number of carbonyl (C=O) groups excluding carboxylic acids is 2. The van der Waals surface area contributed by atoms with Crippen molar-refractivity contribution in [3.63, 3.8) is 0 Å². The molecule has 1 fully saturated rings. The van der Waals surface area contributed by atoms with E-state index in [1.807, 2.05) is 55.1 Å². The summed E-state index contributed by atoms with van der Waals surface area (Å²) in [5.41, 5.74) is 4.37. The van der Waals surface area contributed by atoms with Gasteiger partial charge in [0.05, 0.1) is 0 Å². The van der Waals surface area contributed by atoms with Gasteiger partial charge in [-0.3, -0.25) is 9.59 Å². The van der Waals surface area contributed by atoms with E-state index in [0.29, 0.717) is 19.6 Å². The van der Waals surface area contributed by atoms with Crippen molar-refractivity contribution in [2.75, 3.05) is 19.6 Å². The van der Waals surface area contributed by atoms with E-state index in [0.717, 1.165) is 36.8 Å². The minimum Gasteiger partial charge on any atom is -0.356 e. The smallest absolute Gasteiger partial charge is 0.253 e. The molecule has 0 bridgehead atoms. The van der Waals surface area contributed by atoms with Crippen molar-refractivity contribution >= 4 is 11.8 Å². The molecule has 2 aromatic rings. The molecule has 4 heteroatoms. The maximum Gasteiger partial charge on any atom is 0.253 e. The number of benzene rings is 2. The fraction of sp³-hybridized carbons (Fsp3) is 0.417. The predicted octanol–water partition coefficient (Wildman–Crippen LogP) is 3.90. The highest BCUT2D eigenvalue weighted by Gasteiger charge is 2.27. The third-order valence-corrected chi connectivity index (χ3v) is 5.69. The van der Waals surface area contributed by atoms with Crippen LogP contribution in [0.2, 0.25) is 0 Å². The molecular formula is C24H30N2O2. The molecule has 0 aliphatic carbocycles. The van der Waals surface area contributed by atoms with Gasteiger partial charge in [0.2, 0.25) is 5.91 Å².